The molecule has 13 heavy (non-hydrogen) atoms. The van der Waals surface area contributed by atoms with Gasteiger partial charge in [0.05, 0.1) is 0 Å². The molecule has 0 bridgehead atoms. The maximum absolute atomic E-state index is 9.63. The van der Waals surface area contributed by atoms with Crippen molar-refractivity contribution in [2.24, 2.45) is 0 Å². The van der Waals surface area contributed by atoms with Crippen LogP contribution in [0, 0.1) is 0 Å². The number of rotatable bonds is 2. The maximum atomic E-state index is 9.63. The third-order valence-corrected chi connectivity index (χ3v) is 1.91. The zero-order chi connectivity index (χ0) is 11.3. The van der Waals surface area contributed by atoms with Crippen LogP contribution in [0.3, 0.4) is 0 Å². The van der Waals surface area contributed by atoms with E-state index in [1.807, 2.05) is 0 Å². The van der Waals surface area contributed by atoms with Crippen LogP contribution in [0.25, 0.3) is 0 Å². The maximum Gasteiger partial charge on any atom is 0.478 e. The zero-order valence-electron chi connectivity index (χ0n) is 5.71. The highest BCUT2D eigenvalue weighted by Gasteiger charge is 2.27. The number of phosphoric acid groups is 2. The summed E-state index contributed by atoms with van der Waals surface area (Å²) in [6.07, 6.45) is 0. The molecule has 0 aromatic heterocycles. The van der Waals surface area contributed by atoms with Crippen LogP contribution in [0.4, 0.5) is 0 Å². The van der Waals surface area contributed by atoms with Gasteiger partial charge in [-0.2, -0.15) is 4.31 Å². The molecule has 0 heterocycles. The Kier molecular flexibility index (Phi) is 7.32. The second-order valence-corrected chi connectivity index (χ2v) is 4.53. The molecule has 0 rings (SSSR count). The van der Waals surface area contributed by atoms with E-state index in [1.54, 1.807) is 0 Å². The van der Waals surface area contributed by atoms with E-state index < -0.39 is 23.9 Å². The number of hydrogen-bond donors (Lipinski definition) is 6. The van der Waals surface area contributed by atoms with Gasteiger partial charge in [0, 0.05) is 0 Å². The first kappa shape index (κ1) is 15.9. The van der Waals surface area contributed by atoms with Crippen molar-refractivity contribution in [2.75, 3.05) is 0 Å². The van der Waals surface area contributed by atoms with Crippen LogP contribution in [0.1, 0.15) is 0 Å². The van der Waals surface area contributed by atoms with Crippen molar-refractivity contribution < 1.29 is 47.4 Å². The molecule has 0 aromatic rings. The first-order chi connectivity index (χ1) is 5.44. The normalized spacial score (nSPS) is 12.2. The summed E-state index contributed by atoms with van der Waals surface area (Å²) in [7, 11) is -13.2. The second kappa shape index (κ2) is 6.00. The summed E-state index contributed by atoms with van der Waals surface area (Å²) in [4.78, 5) is 45.3. The Morgan fingerprint density at radius 1 is 0.923 bits per heavy atom. The van der Waals surface area contributed by atoms with Crippen molar-refractivity contribution >= 4 is 23.9 Å². The smallest absolute Gasteiger partial charge is 0.326 e. The Balaban J connectivity index is 0. The van der Waals surface area contributed by atoms with Crippen LogP contribution in [-0.2, 0) is 18.0 Å². The molecule has 0 fully saturated rings. The summed E-state index contributed by atoms with van der Waals surface area (Å²) in [5, 5.41) is 0. The lowest BCUT2D eigenvalue weighted by Gasteiger charge is -2.03. The van der Waals surface area contributed by atoms with Crippen LogP contribution in [0.15, 0.2) is 0 Å². The summed E-state index contributed by atoms with van der Waals surface area (Å²) in [5.41, 5.74) is 0. The molecular weight excluding hydrogens is 253 g/mol. The Morgan fingerprint density at radius 2 is 1.08 bits per heavy atom. The molecule has 0 radical (unpaired) electrons. The highest BCUT2D eigenvalue weighted by molar-refractivity contribution is 7.60. The standard InChI is InChI=1S/H4O7P2.H3O3P/c1-8(2,3)7-9(4,5)6;1-4(2)3/h(H2,1,2,3)(H2,4,5,6);4H,(H2,1,2,3). The molecule has 0 saturated carbocycles. The third kappa shape index (κ3) is 32.7. The van der Waals surface area contributed by atoms with Crippen molar-refractivity contribution in [2.45, 2.75) is 0 Å². The van der Waals surface area contributed by atoms with Gasteiger partial charge in [-0.15, -0.1) is 0 Å². The monoisotopic (exact) mass is 260 g/mol. The summed E-state index contributed by atoms with van der Waals surface area (Å²) in [5.74, 6) is 0. The Morgan fingerprint density at radius 3 is 1.08 bits per heavy atom. The molecule has 0 aliphatic rings. The predicted molar refractivity (Wildman–Crippen MR) is 38.6 cm³/mol. The van der Waals surface area contributed by atoms with E-state index in [-0.39, 0.29) is 0 Å². The van der Waals surface area contributed by atoms with E-state index in [9.17, 15) is 9.13 Å². The molecule has 0 aromatic carbocycles. The summed E-state index contributed by atoms with van der Waals surface area (Å²) < 4.78 is 31.0. The van der Waals surface area contributed by atoms with E-state index in [0.717, 1.165) is 0 Å². The molecule has 0 aliphatic heterocycles. The zero-order valence-corrected chi connectivity index (χ0v) is 8.50. The highest BCUT2D eigenvalue weighted by Crippen LogP contribution is 2.53. The second-order valence-electron chi connectivity index (χ2n) is 1.35. The van der Waals surface area contributed by atoms with Gasteiger partial charge >= 0.3 is 23.9 Å². The molecule has 0 unspecified atom stereocenters. The Hall–Kier alpha value is 0.410. The minimum Gasteiger partial charge on any atom is -0.326 e. The minimum absolute atomic E-state index is 2.96. The van der Waals surface area contributed by atoms with E-state index in [2.05, 4.69) is 4.31 Å². The van der Waals surface area contributed by atoms with Gasteiger partial charge in [0.1, 0.15) is 0 Å². The van der Waals surface area contributed by atoms with Crippen molar-refractivity contribution in [1.82, 2.24) is 0 Å². The Labute approximate surface area is 72.2 Å². The molecule has 82 valence electrons. The first-order valence-electron chi connectivity index (χ1n) is 2.18. The minimum atomic E-state index is -5.05. The summed E-state index contributed by atoms with van der Waals surface area (Å²) in [6, 6.07) is 0. The average Bonchev–Trinajstić information content (AvgIpc) is 1.47. The van der Waals surface area contributed by atoms with Crippen molar-refractivity contribution in [3.63, 3.8) is 0 Å². The van der Waals surface area contributed by atoms with Crippen LogP contribution in [-0.4, -0.2) is 29.4 Å². The highest BCUT2D eigenvalue weighted by atomic mass is 31.3. The molecule has 0 aliphatic carbocycles. The summed E-state index contributed by atoms with van der Waals surface area (Å²) in [6.45, 7) is 0. The van der Waals surface area contributed by atoms with Crippen LogP contribution < -0.4 is 0 Å². The SMILES string of the molecule is O=P(O)(O)OP(=O)(O)O.O=[PH](O)O. The van der Waals surface area contributed by atoms with Gasteiger partial charge in [0.2, 0.25) is 0 Å². The lowest BCUT2D eigenvalue weighted by Crippen LogP contribution is -1.84. The lowest BCUT2D eigenvalue weighted by atomic mass is 15.7. The molecule has 6 N–H and O–H groups in total. The molecule has 0 atom stereocenters. The number of hydrogen-bond acceptors (Lipinski definition) is 4. The fraction of sp³-hybridized carbons (Fsp3) is 0. The van der Waals surface area contributed by atoms with Gasteiger partial charge in [-0.3, -0.25) is 4.57 Å². The fourth-order valence-electron chi connectivity index (χ4n) is 0.139. The van der Waals surface area contributed by atoms with Gasteiger partial charge in [-0.25, -0.2) is 9.13 Å². The first-order valence-corrected chi connectivity index (χ1v) is 6.54. The lowest BCUT2D eigenvalue weighted by molar-refractivity contribution is 0.225. The van der Waals surface area contributed by atoms with Crippen molar-refractivity contribution in [1.29, 1.82) is 0 Å². The molecule has 10 nitrogen and oxygen atoms in total. The van der Waals surface area contributed by atoms with Crippen LogP contribution >= 0.6 is 23.9 Å². The van der Waals surface area contributed by atoms with Crippen molar-refractivity contribution in [3.8, 4) is 0 Å². The topological polar surface area (TPSA) is 182 Å². The van der Waals surface area contributed by atoms with Crippen LogP contribution in [0.2, 0.25) is 0 Å². The molecule has 0 spiro atoms. The van der Waals surface area contributed by atoms with Gasteiger partial charge in [0.15, 0.2) is 0 Å². The van der Waals surface area contributed by atoms with Crippen molar-refractivity contribution in [3.05, 3.63) is 0 Å². The molecular formula is H7O10P3. The van der Waals surface area contributed by atoms with E-state index in [1.165, 1.54) is 0 Å². The largest absolute Gasteiger partial charge is 0.478 e. The average molecular weight is 260 g/mol. The Bertz CT molecular complexity index is 215. The van der Waals surface area contributed by atoms with E-state index >= 15 is 0 Å². The van der Waals surface area contributed by atoms with Gasteiger partial charge in [-0.05, 0) is 0 Å². The van der Waals surface area contributed by atoms with Gasteiger partial charge in [0.25, 0.3) is 0 Å². The fourth-order valence-corrected chi connectivity index (χ4v) is 1.25. The van der Waals surface area contributed by atoms with Gasteiger partial charge < -0.3 is 29.4 Å². The molecule has 13 heteroatoms. The quantitative estimate of drug-likeness (QED) is 0.321. The predicted octanol–water partition coefficient (Wildman–Crippen LogP) is -1.45. The third-order valence-electron chi connectivity index (χ3n) is 0.213. The van der Waals surface area contributed by atoms with E-state index in [4.69, 9.17) is 33.9 Å². The molecule has 0 saturated heterocycles. The van der Waals surface area contributed by atoms with Gasteiger partial charge in [-0.1, -0.05) is 0 Å². The van der Waals surface area contributed by atoms with Crippen LogP contribution in [0.5, 0.6) is 0 Å². The summed E-state index contributed by atoms with van der Waals surface area (Å²) >= 11 is 0. The molecule has 0 amide bonds. The van der Waals surface area contributed by atoms with E-state index in [0.29, 0.717) is 0 Å².